The number of carbonyl (C=O) groups excluding carboxylic acids is 1. The first-order chi connectivity index (χ1) is 12.7. The van der Waals surface area contributed by atoms with Gasteiger partial charge in [-0.2, -0.15) is 0 Å². The summed E-state index contributed by atoms with van der Waals surface area (Å²) in [5, 5.41) is 6.90. The summed E-state index contributed by atoms with van der Waals surface area (Å²) in [5.41, 5.74) is 1.07. The third kappa shape index (κ3) is 2.98. The molecule has 1 N–H and O–H groups in total. The van der Waals surface area contributed by atoms with Crippen molar-refractivity contribution in [2.45, 2.75) is 6.54 Å². The van der Waals surface area contributed by atoms with E-state index >= 15 is 0 Å². The molecule has 0 aliphatic rings. The van der Waals surface area contributed by atoms with Crippen LogP contribution in [-0.2, 0) is 6.54 Å². The van der Waals surface area contributed by atoms with E-state index < -0.39 is 11.5 Å². The number of aromatic nitrogens is 3. The fourth-order valence-electron chi connectivity index (χ4n) is 2.74. The largest absolute Gasteiger partial charge is 0.363 e. The molecule has 0 unspecified atom stereocenters. The highest BCUT2D eigenvalue weighted by Gasteiger charge is 2.17. The van der Waals surface area contributed by atoms with Crippen LogP contribution in [0.25, 0.3) is 11.0 Å². The minimum absolute atomic E-state index is 0.0180. The van der Waals surface area contributed by atoms with Gasteiger partial charge in [-0.15, -0.1) is 0 Å². The van der Waals surface area contributed by atoms with Crippen molar-refractivity contribution in [1.82, 2.24) is 14.7 Å². The third-order valence-corrected chi connectivity index (χ3v) is 3.96. The van der Waals surface area contributed by atoms with Gasteiger partial charge in [0.25, 0.3) is 11.5 Å². The zero-order valence-electron chi connectivity index (χ0n) is 13.6. The quantitative estimate of drug-likeness (QED) is 0.613. The van der Waals surface area contributed by atoms with Crippen LogP contribution >= 0.6 is 0 Å². The number of benzene rings is 1. The SMILES string of the molecule is O=C(Nc1ccon1)c1cc2cccnc2n(Cc2ccccc2)c1=O. The minimum Gasteiger partial charge on any atom is -0.363 e. The Labute approximate surface area is 147 Å². The first-order valence-electron chi connectivity index (χ1n) is 7.96. The number of nitrogens with zero attached hydrogens (tertiary/aromatic N) is 3. The summed E-state index contributed by atoms with van der Waals surface area (Å²) in [6.45, 7) is 0.318. The van der Waals surface area contributed by atoms with Gasteiger partial charge in [0, 0.05) is 17.6 Å². The van der Waals surface area contributed by atoms with Crippen LogP contribution < -0.4 is 10.9 Å². The summed E-state index contributed by atoms with van der Waals surface area (Å²) in [7, 11) is 0. The number of rotatable bonds is 4. The zero-order valence-corrected chi connectivity index (χ0v) is 13.6. The number of carbonyl (C=O) groups is 1. The lowest BCUT2D eigenvalue weighted by molar-refractivity contribution is 0.102. The van der Waals surface area contributed by atoms with Gasteiger partial charge >= 0.3 is 0 Å². The molecule has 7 nitrogen and oxygen atoms in total. The van der Waals surface area contributed by atoms with Gasteiger partial charge in [-0.05, 0) is 23.8 Å². The number of pyridine rings is 2. The van der Waals surface area contributed by atoms with Crippen LogP contribution in [0.5, 0.6) is 0 Å². The maximum absolute atomic E-state index is 13.0. The molecule has 0 spiro atoms. The summed E-state index contributed by atoms with van der Waals surface area (Å²) in [4.78, 5) is 29.8. The van der Waals surface area contributed by atoms with Crippen LogP contribution in [0, 0.1) is 0 Å². The van der Waals surface area contributed by atoms with Crippen molar-refractivity contribution < 1.29 is 9.32 Å². The predicted octanol–water partition coefficient (Wildman–Crippen LogP) is 2.69. The van der Waals surface area contributed by atoms with Gasteiger partial charge in [-0.1, -0.05) is 35.5 Å². The lowest BCUT2D eigenvalue weighted by atomic mass is 10.1. The van der Waals surface area contributed by atoms with Crippen LogP contribution in [0.1, 0.15) is 15.9 Å². The van der Waals surface area contributed by atoms with Crippen LogP contribution in [0.3, 0.4) is 0 Å². The van der Waals surface area contributed by atoms with Crippen molar-refractivity contribution in [3.8, 4) is 0 Å². The van der Waals surface area contributed by atoms with Crippen LogP contribution in [0.15, 0.2) is 76.4 Å². The minimum atomic E-state index is -0.545. The zero-order chi connectivity index (χ0) is 17.9. The summed E-state index contributed by atoms with van der Waals surface area (Å²) in [6.07, 6.45) is 2.96. The third-order valence-electron chi connectivity index (χ3n) is 3.96. The molecule has 128 valence electrons. The Morgan fingerprint density at radius 2 is 1.96 bits per heavy atom. The van der Waals surface area contributed by atoms with Gasteiger partial charge < -0.3 is 9.84 Å². The van der Waals surface area contributed by atoms with Crippen LogP contribution in [-0.4, -0.2) is 20.6 Å². The van der Waals surface area contributed by atoms with Gasteiger partial charge in [0.2, 0.25) is 0 Å². The molecule has 0 aliphatic carbocycles. The number of amides is 1. The topological polar surface area (TPSA) is 90.0 Å². The van der Waals surface area contributed by atoms with Gasteiger partial charge in [0.1, 0.15) is 17.5 Å². The monoisotopic (exact) mass is 346 g/mol. The van der Waals surface area contributed by atoms with E-state index in [1.807, 2.05) is 36.4 Å². The smallest absolute Gasteiger partial charge is 0.265 e. The molecule has 3 aromatic heterocycles. The Bertz CT molecular complexity index is 1120. The Hall–Kier alpha value is -3.74. The number of nitrogens with one attached hydrogen (secondary N) is 1. The second-order valence-corrected chi connectivity index (χ2v) is 5.69. The van der Waals surface area contributed by atoms with Crippen molar-refractivity contribution >= 4 is 22.8 Å². The normalized spacial score (nSPS) is 10.8. The van der Waals surface area contributed by atoms with Crippen molar-refractivity contribution in [3.63, 3.8) is 0 Å². The first-order valence-corrected chi connectivity index (χ1v) is 7.96. The summed E-state index contributed by atoms with van der Waals surface area (Å²) in [6, 6.07) is 16.2. The maximum atomic E-state index is 13.0. The molecule has 1 aromatic carbocycles. The van der Waals surface area contributed by atoms with E-state index in [4.69, 9.17) is 4.52 Å². The molecular weight excluding hydrogens is 332 g/mol. The average Bonchev–Trinajstić information content (AvgIpc) is 3.17. The van der Waals surface area contributed by atoms with Crippen molar-refractivity contribution in [3.05, 3.63) is 88.5 Å². The molecule has 0 saturated heterocycles. The second kappa shape index (κ2) is 6.64. The van der Waals surface area contributed by atoms with E-state index in [0.29, 0.717) is 17.6 Å². The van der Waals surface area contributed by atoms with Crippen molar-refractivity contribution in [2.75, 3.05) is 5.32 Å². The lowest BCUT2D eigenvalue weighted by Gasteiger charge is -2.12. The Kier molecular flexibility index (Phi) is 4.03. The van der Waals surface area contributed by atoms with Crippen LogP contribution in [0.2, 0.25) is 0 Å². The molecule has 26 heavy (non-hydrogen) atoms. The summed E-state index contributed by atoms with van der Waals surface area (Å²) < 4.78 is 6.20. The fourth-order valence-corrected chi connectivity index (χ4v) is 2.74. The summed E-state index contributed by atoms with van der Waals surface area (Å²) in [5.74, 6) is -0.299. The molecule has 4 rings (SSSR count). The molecule has 0 fully saturated rings. The molecule has 0 saturated carbocycles. The van der Waals surface area contributed by atoms with E-state index in [0.717, 1.165) is 5.56 Å². The number of hydrogen-bond acceptors (Lipinski definition) is 5. The van der Waals surface area contributed by atoms with Gasteiger partial charge in [-0.3, -0.25) is 14.2 Å². The molecular formula is C19H14N4O3. The van der Waals surface area contributed by atoms with E-state index in [2.05, 4.69) is 15.5 Å². The van der Waals surface area contributed by atoms with Crippen molar-refractivity contribution in [1.29, 1.82) is 0 Å². The van der Waals surface area contributed by atoms with Gasteiger partial charge in [-0.25, -0.2) is 4.98 Å². The number of hydrogen-bond donors (Lipinski definition) is 1. The Morgan fingerprint density at radius 3 is 2.73 bits per heavy atom. The van der Waals surface area contributed by atoms with E-state index in [1.165, 1.54) is 16.9 Å². The van der Waals surface area contributed by atoms with E-state index in [-0.39, 0.29) is 11.4 Å². The molecule has 1 amide bonds. The number of anilines is 1. The highest BCUT2D eigenvalue weighted by atomic mass is 16.5. The molecule has 4 aromatic rings. The second-order valence-electron chi connectivity index (χ2n) is 5.69. The van der Waals surface area contributed by atoms with E-state index in [9.17, 15) is 9.59 Å². The van der Waals surface area contributed by atoms with Crippen molar-refractivity contribution in [2.24, 2.45) is 0 Å². The Morgan fingerprint density at radius 1 is 1.12 bits per heavy atom. The first kappa shape index (κ1) is 15.8. The average molecular weight is 346 g/mol. The molecule has 3 heterocycles. The lowest BCUT2D eigenvalue weighted by Crippen LogP contribution is -2.30. The predicted molar refractivity (Wildman–Crippen MR) is 96.0 cm³/mol. The fraction of sp³-hybridized carbons (Fsp3) is 0.0526. The van der Waals surface area contributed by atoms with Gasteiger partial charge in [0.15, 0.2) is 5.82 Å². The highest BCUT2D eigenvalue weighted by molar-refractivity contribution is 6.05. The highest BCUT2D eigenvalue weighted by Crippen LogP contribution is 2.14. The maximum Gasteiger partial charge on any atom is 0.265 e. The van der Waals surface area contributed by atoms with E-state index in [1.54, 1.807) is 18.3 Å². The standard InChI is InChI=1S/C19H14N4O3/c24-18(21-16-8-10-26-22-16)15-11-14-7-4-9-20-17(14)23(19(15)25)12-13-5-2-1-3-6-13/h1-11H,12H2,(H,21,22,24). The molecule has 0 bridgehead atoms. The molecule has 0 radical (unpaired) electrons. The summed E-state index contributed by atoms with van der Waals surface area (Å²) >= 11 is 0. The number of fused-ring (bicyclic) bond motifs is 1. The van der Waals surface area contributed by atoms with Crippen LogP contribution in [0.4, 0.5) is 5.82 Å². The molecule has 7 heteroatoms. The van der Waals surface area contributed by atoms with Gasteiger partial charge in [0.05, 0.1) is 6.54 Å². The molecule has 0 atom stereocenters. The molecule has 0 aliphatic heterocycles. The Balaban J connectivity index is 1.83.